The zero-order valence-electron chi connectivity index (χ0n) is 12.5. The molecule has 0 radical (unpaired) electrons. The topological polar surface area (TPSA) is 29.9 Å². The number of aryl methyl sites for hydroxylation is 1. The predicted molar refractivity (Wildman–Crippen MR) is 86.2 cm³/mol. The van der Waals surface area contributed by atoms with Gasteiger partial charge in [-0.25, -0.2) is 4.98 Å². The van der Waals surface area contributed by atoms with Gasteiger partial charge in [0.2, 0.25) is 0 Å². The Labute approximate surface area is 126 Å². The summed E-state index contributed by atoms with van der Waals surface area (Å²) in [4.78, 5) is 4.43. The average molecular weight is 281 g/mol. The van der Waals surface area contributed by atoms with Crippen LogP contribution in [0.2, 0.25) is 0 Å². The lowest BCUT2D eigenvalue weighted by Crippen LogP contribution is -2.13. The Morgan fingerprint density at radius 3 is 2.90 bits per heavy atom. The summed E-state index contributed by atoms with van der Waals surface area (Å²) in [6.45, 7) is 1.10. The number of rotatable bonds is 2. The number of nitrogens with one attached hydrogen (secondary N) is 1. The Kier molecular flexibility index (Phi) is 3.42. The summed E-state index contributed by atoms with van der Waals surface area (Å²) in [7, 11) is 0. The van der Waals surface area contributed by atoms with Crippen LogP contribution in [0, 0.1) is 0 Å². The fourth-order valence-electron chi connectivity index (χ4n) is 3.83. The van der Waals surface area contributed by atoms with Gasteiger partial charge >= 0.3 is 0 Å². The first-order valence-electron chi connectivity index (χ1n) is 8.31. The van der Waals surface area contributed by atoms with Gasteiger partial charge in [0.15, 0.2) is 0 Å². The van der Waals surface area contributed by atoms with Crippen molar-refractivity contribution in [2.24, 2.45) is 0 Å². The molecule has 3 nitrogen and oxygen atoms in total. The number of hydrogen-bond acceptors (Lipinski definition) is 2. The van der Waals surface area contributed by atoms with E-state index in [1.54, 1.807) is 0 Å². The van der Waals surface area contributed by atoms with E-state index >= 15 is 0 Å². The van der Waals surface area contributed by atoms with Gasteiger partial charge in [-0.15, -0.1) is 0 Å². The quantitative estimate of drug-likeness (QED) is 0.890. The molecule has 2 aromatic rings. The number of nitrogens with zero attached hydrogens (tertiary/aromatic N) is 2. The molecule has 3 heteroatoms. The third kappa shape index (κ3) is 2.45. The van der Waals surface area contributed by atoms with Gasteiger partial charge in [-0.1, -0.05) is 19.3 Å². The summed E-state index contributed by atoms with van der Waals surface area (Å²) < 4.78 is 2.31. The summed E-state index contributed by atoms with van der Waals surface area (Å²) in [5.41, 5.74) is 5.43. The Morgan fingerprint density at radius 2 is 2.00 bits per heavy atom. The minimum absolute atomic E-state index is 0.690. The Morgan fingerprint density at radius 1 is 1.10 bits per heavy atom. The van der Waals surface area contributed by atoms with Crippen LogP contribution in [0.3, 0.4) is 0 Å². The van der Waals surface area contributed by atoms with Gasteiger partial charge in [0.25, 0.3) is 0 Å². The van der Waals surface area contributed by atoms with Crippen LogP contribution < -0.4 is 5.32 Å². The maximum atomic E-state index is 4.43. The number of fused-ring (bicyclic) bond motifs is 1. The fourth-order valence-corrected chi connectivity index (χ4v) is 3.83. The average Bonchev–Trinajstić information content (AvgIpc) is 3.05. The summed E-state index contributed by atoms with van der Waals surface area (Å²) in [5.74, 6) is 0.690. The van der Waals surface area contributed by atoms with Gasteiger partial charge in [0, 0.05) is 35.7 Å². The molecule has 2 heterocycles. The van der Waals surface area contributed by atoms with Gasteiger partial charge in [0.1, 0.15) is 0 Å². The second kappa shape index (κ2) is 5.55. The molecule has 1 aromatic heterocycles. The zero-order chi connectivity index (χ0) is 14.1. The highest BCUT2D eigenvalue weighted by atomic mass is 15.1. The van der Waals surface area contributed by atoms with Crippen molar-refractivity contribution in [2.75, 3.05) is 11.9 Å². The summed E-state index contributed by atoms with van der Waals surface area (Å²) in [5, 5.41) is 3.49. The summed E-state index contributed by atoms with van der Waals surface area (Å²) in [6.07, 6.45) is 13.2. The third-order valence-corrected chi connectivity index (χ3v) is 5.00. The monoisotopic (exact) mass is 281 g/mol. The minimum Gasteiger partial charge on any atom is -0.385 e. The smallest absolute Gasteiger partial charge is 0.0994 e. The van der Waals surface area contributed by atoms with Crippen LogP contribution >= 0.6 is 0 Å². The number of benzene rings is 1. The number of hydrogen-bond donors (Lipinski definition) is 1. The first-order chi connectivity index (χ1) is 10.4. The molecular formula is C18H23N3. The lowest BCUT2D eigenvalue weighted by molar-refractivity contribution is 0.433. The van der Waals surface area contributed by atoms with Gasteiger partial charge in [0.05, 0.1) is 6.33 Å². The Balaban J connectivity index is 1.68. The van der Waals surface area contributed by atoms with Crippen molar-refractivity contribution in [3.05, 3.63) is 42.0 Å². The van der Waals surface area contributed by atoms with Gasteiger partial charge < -0.3 is 9.88 Å². The lowest BCUT2D eigenvalue weighted by atomic mass is 9.87. The Hall–Kier alpha value is -1.77. The van der Waals surface area contributed by atoms with Crippen LogP contribution in [0.5, 0.6) is 0 Å². The highest BCUT2D eigenvalue weighted by Gasteiger charge is 2.20. The molecule has 0 saturated heterocycles. The molecule has 0 amide bonds. The molecule has 0 atom stereocenters. The molecule has 4 rings (SSSR count). The molecule has 1 N–H and O–H groups in total. The molecule has 0 bridgehead atoms. The molecule has 0 unspecified atom stereocenters. The van der Waals surface area contributed by atoms with Crippen LogP contribution in [-0.2, 0) is 6.42 Å². The van der Waals surface area contributed by atoms with Crippen molar-refractivity contribution < 1.29 is 0 Å². The highest BCUT2D eigenvalue weighted by molar-refractivity contribution is 5.57. The van der Waals surface area contributed by atoms with Crippen molar-refractivity contribution in [3.63, 3.8) is 0 Å². The van der Waals surface area contributed by atoms with Crippen molar-refractivity contribution in [1.29, 1.82) is 0 Å². The summed E-state index contributed by atoms with van der Waals surface area (Å²) in [6, 6.07) is 6.80. The second-order valence-corrected chi connectivity index (χ2v) is 6.40. The van der Waals surface area contributed by atoms with Crippen LogP contribution in [0.15, 0.2) is 30.7 Å². The van der Waals surface area contributed by atoms with E-state index in [0.717, 1.165) is 6.54 Å². The first kappa shape index (κ1) is 12.9. The second-order valence-electron chi connectivity index (χ2n) is 6.40. The molecule has 1 saturated carbocycles. The molecular weight excluding hydrogens is 258 g/mol. The van der Waals surface area contributed by atoms with E-state index in [-0.39, 0.29) is 0 Å². The normalized spacial score (nSPS) is 19.0. The minimum atomic E-state index is 0.690. The fraction of sp³-hybridized carbons (Fsp3) is 0.500. The number of imidazole rings is 1. The standard InChI is InChI=1S/C18H23N3/c1-2-5-14(6-3-1)18-12-19-13-21(18)16-8-9-17-15(11-16)7-4-10-20-17/h8-9,11-14,20H,1-7,10H2. The largest absolute Gasteiger partial charge is 0.385 e. The van der Waals surface area contributed by atoms with E-state index in [2.05, 4.69) is 39.3 Å². The lowest BCUT2D eigenvalue weighted by Gasteiger charge is -2.24. The van der Waals surface area contributed by atoms with E-state index < -0.39 is 0 Å². The maximum Gasteiger partial charge on any atom is 0.0994 e. The molecule has 1 aromatic carbocycles. The van der Waals surface area contributed by atoms with Gasteiger partial charge in [-0.2, -0.15) is 0 Å². The molecule has 1 aliphatic heterocycles. The van der Waals surface area contributed by atoms with E-state index in [0.29, 0.717) is 5.92 Å². The molecule has 21 heavy (non-hydrogen) atoms. The SMILES string of the molecule is c1cc2c(cc1-n1cncc1C1CCCCC1)CCCN2. The number of aromatic nitrogens is 2. The van der Waals surface area contributed by atoms with Crippen molar-refractivity contribution in [1.82, 2.24) is 9.55 Å². The Bertz CT molecular complexity index is 623. The zero-order valence-corrected chi connectivity index (χ0v) is 12.5. The molecule has 2 aliphatic rings. The molecule has 0 spiro atoms. The van der Waals surface area contributed by atoms with Crippen LogP contribution in [0.25, 0.3) is 5.69 Å². The predicted octanol–water partition coefficient (Wildman–Crippen LogP) is 4.28. The highest BCUT2D eigenvalue weighted by Crippen LogP contribution is 2.34. The molecule has 1 aliphatic carbocycles. The van der Waals surface area contributed by atoms with Crippen molar-refractivity contribution in [3.8, 4) is 5.69 Å². The first-order valence-corrected chi connectivity index (χ1v) is 8.31. The van der Waals surface area contributed by atoms with Gasteiger partial charge in [-0.3, -0.25) is 0 Å². The maximum absolute atomic E-state index is 4.43. The van der Waals surface area contributed by atoms with E-state index in [9.17, 15) is 0 Å². The van der Waals surface area contributed by atoms with Crippen LogP contribution in [-0.4, -0.2) is 16.1 Å². The van der Waals surface area contributed by atoms with Crippen molar-refractivity contribution in [2.45, 2.75) is 50.9 Å². The van der Waals surface area contributed by atoms with Gasteiger partial charge in [-0.05, 0) is 49.4 Å². The van der Waals surface area contributed by atoms with Crippen LogP contribution in [0.1, 0.15) is 55.7 Å². The molecule has 110 valence electrons. The summed E-state index contributed by atoms with van der Waals surface area (Å²) >= 11 is 0. The van der Waals surface area contributed by atoms with E-state index in [1.807, 2.05) is 6.33 Å². The number of anilines is 1. The van der Waals surface area contributed by atoms with E-state index in [1.165, 1.54) is 67.6 Å². The molecule has 1 fully saturated rings. The van der Waals surface area contributed by atoms with Crippen molar-refractivity contribution >= 4 is 5.69 Å². The van der Waals surface area contributed by atoms with Crippen LogP contribution in [0.4, 0.5) is 5.69 Å². The third-order valence-electron chi connectivity index (χ3n) is 5.00. The van der Waals surface area contributed by atoms with E-state index in [4.69, 9.17) is 0 Å².